The zero-order chi connectivity index (χ0) is 23.6. The van der Waals surface area contributed by atoms with Crippen LogP contribution in [0.25, 0.3) is 0 Å². The Labute approximate surface area is 194 Å². The number of hydrogen-bond acceptors (Lipinski definition) is 6. The van der Waals surface area contributed by atoms with E-state index in [2.05, 4.69) is 4.98 Å². The van der Waals surface area contributed by atoms with Gasteiger partial charge in [0.15, 0.2) is 11.6 Å². The number of piperazine rings is 1. The average molecular weight is 494 g/mol. The zero-order valence-electron chi connectivity index (χ0n) is 17.7. The van der Waals surface area contributed by atoms with E-state index < -0.39 is 21.7 Å². The second-order valence-electron chi connectivity index (χ2n) is 7.45. The van der Waals surface area contributed by atoms with Crippen LogP contribution in [-0.2, 0) is 16.6 Å². The molecule has 0 atom stereocenters. The van der Waals surface area contributed by atoms with E-state index >= 15 is 0 Å². The fourth-order valence-corrected chi connectivity index (χ4v) is 5.48. The van der Waals surface area contributed by atoms with Gasteiger partial charge >= 0.3 is 0 Å². The summed E-state index contributed by atoms with van der Waals surface area (Å²) in [6.45, 7) is 2.65. The van der Waals surface area contributed by atoms with Crippen LogP contribution < -0.4 is 4.74 Å². The number of carbonyl (C=O) groups is 1. The van der Waals surface area contributed by atoms with Crippen LogP contribution in [0.5, 0.6) is 5.75 Å². The number of carbonyl (C=O) groups excluding carboxylic acids is 1. The van der Waals surface area contributed by atoms with Crippen molar-refractivity contribution in [3.63, 3.8) is 0 Å². The highest BCUT2D eigenvalue weighted by Crippen LogP contribution is 2.22. The number of sulfonamides is 1. The fraction of sp³-hybridized carbons (Fsp3) is 0.273. The number of benzene rings is 2. The molecule has 0 saturated carbocycles. The standard InChI is InChI=1S/C22H21F2N3O4S2/c1-15-25-17(14-32-15)13-31-18-4-2-3-16(11-18)22(28)26-7-9-27(10-8-26)33(29,30)19-5-6-20(23)21(24)12-19/h2-6,11-12,14H,7-10,13H2,1H3. The van der Waals surface area contributed by atoms with Gasteiger partial charge in [-0.1, -0.05) is 6.07 Å². The molecule has 1 aliphatic heterocycles. The van der Waals surface area contributed by atoms with E-state index in [1.807, 2.05) is 12.3 Å². The van der Waals surface area contributed by atoms with Gasteiger partial charge in [0, 0.05) is 37.1 Å². The number of halogens is 2. The third kappa shape index (κ3) is 5.21. The van der Waals surface area contributed by atoms with Gasteiger partial charge in [-0.2, -0.15) is 4.31 Å². The minimum absolute atomic E-state index is 0.0481. The number of nitrogens with zero attached hydrogens (tertiary/aromatic N) is 3. The van der Waals surface area contributed by atoms with Crippen LogP contribution in [-0.4, -0.2) is 54.7 Å². The van der Waals surface area contributed by atoms with Crippen molar-refractivity contribution in [1.29, 1.82) is 0 Å². The molecule has 1 amide bonds. The normalized spacial score (nSPS) is 14.9. The molecule has 1 aromatic heterocycles. The summed E-state index contributed by atoms with van der Waals surface area (Å²) in [7, 11) is -3.99. The van der Waals surface area contributed by atoms with Crippen LogP contribution in [0, 0.1) is 18.6 Å². The van der Waals surface area contributed by atoms with E-state index in [1.165, 1.54) is 15.6 Å². The van der Waals surface area contributed by atoms with Crippen molar-refractivity contribution in [3.05, 3.63) is 75.7 Å². The molecule has 174 valence electrons. The molecular formula is C22H21F2N3O4S2. The number of aryl methyl sites for hydroxylation is 1. The van der Waals surface area contributed by atoms with E-state index in [1.54, 1.807) is 29.2 Å². The highest BCUT2D eigenvalue weighted by atomic mass is 32.2. The van der Waals surface area contributed by atoms with Crippen LogP contribution >= 0.6 is 11.3 Å². The summed E-state index contributed by atoms with van der Waals surface area (Å²) in [5.74, 6) is -2.05. The highest BCUT2D eigenvalue weighted by molar-refractivity contribution is 7.89. The molecule has 2 heterocycles. The molecule has 4 rings (SSSR count). The first kappa shape index (κ1) is 23.3. The molecule has 1 saturated heterocycles. The molecular weight excluding hydrogens is 472 g/mol. The molecule has 0 radical (unpaired) electrons. The van der Waals surface area contributed by atoms with Crippen LogP contribution in [0.2, 0.25) is 0 Å². The largest absolute Gasteiger partial charge is 0.487 e. The van der Waals surface area contributed by atoms with E-state index in [0.717, 1.165) is 22.8 Å². The lowest BCUT2D eigenvalue weighted by Gasteiger charge is -2.34. The molecule has 0 N–H and O–H groups in total. The summed E-state index contributed by atoms with van der Waals surface area (Å²) in [6, 6.07) is 9.27. The Morgan fingerprint density at radius 1 is 1.09 bits per heavy atom. The number of ether oxygens (including phenoxy) is 1. The predicted octanol–water partition coefficient (Wildman–Crippen LogP) is 3.46. The number of aromatic nitrogens is 1. The summed E-state index contributed by atoms with van der Waals surface area (Å²) in [4.78, 5) is 18.5. The zero-order valence-corrected chi connectivity index (χ0v) is 19.3. The monoisotopic (exact) mass is 493 g/mol. The van der Waals surface area contributed by atoms with Crippen molar-refractivity contribution >= 4 is 27.3 Å². The molecule has 0 aliphatic carbocycles. The van der Waals surface area contributed by atoms with Crippen LogP contribution in [0.1, 0.15) is 21.1 Å². The first-order valence-corrected chi connectivity index (χ1v) is 12.4. The summed E-state index contributed by atoms with van der Waals surface area (Å²) in [5, 5.41) is 2.86. The van der Waals surface area contributed by atoms with E-state index in [4.69, 9.17) is 4.74 Å². The second kappa shape index (κ2) is 9.54. The van der Waals surface area contributed by atoms with Gasteiger partial charge in [-0.15, -0.1) is 11.3 Å². The first-order chi connectivity index (χ1) is 15.7. The maximum absolute atomic E-state index is 13.5. The molecule has 1 aliphatic rings. The average Bonchev–Trinajstić information content (AvgIpc) is 3.24. The van der Waals surface area contributed by atoms with Gasteiger partial charge in [0.1, 0.15) is 12.4 Å². The number of thiazole rings is 1. The Hall–Kier alpha value is -2.89. The van der Waals surface area contributed by atoms with Gasteiger partial charge in [0.05, 0.1) is 15.6 Å². The summed E-state index contributed by atoms with van der Waals surface area (Å²) < 4.78 is 59.0. The second-order valence-corrected chi connectivity index (χ2v) is 10.4. The Kier molecular flexibility index (Phi) is 6.73. The Bertz CT molecular complexity index is 1270. The van der Waals surface area contributed by atoms with Crippen molar-refractivity contribution in [1.82, 2.24) is 14.2 Å². The predicted molar refractivity (Wildman–Crippen MR) is 119 cm³/mol. The fourth-order valence-electron chi connectivity index (χ4n) is 3.45. The SMILES string of the molecule is Cc1nc(COc2cccc(C(=O)N3CCN(S(=O)(=O)c4ccc(F)c(F)c4)CC3)c2)cs1. The molecule has 11 heteroatoms. The maximum Gasteiger partial charge on any atom is 0.254 e. The Morgan fingerprint density at radius 2 is 1.85 bits per heavy atom. The Morgan fingerprint density at radius 3 is 2.52 bits per heavy atom. The minimum Gasteiger partial charge on any atom is -0.487 e. The van der Waals surface area contributed by atoms with Gasteiger partial charge < -0.3 is 9.64 Å². The first-order valence-electron chi connectivity index (χ1n) is 10.1. The van der Waals surface area contributed by atoms with Crippen molar-refractivity contribution in [2.75, 3.05) is 26.2 Å². The summed E-state index contributed by atoms with van der Waals surface area (Å²) in [6.07, 6.45) is 0. The van der Waals surface area contributed by atoms with E-state index in [-0.39, 0.29) is 37.0 Å². The van der Waals surface area contributed by atoms with Crippen molar-refractivity contribution in [2.45, 2.75) is 18.4 Å². The van der Waals surface area contributed by atoms with E-state index in [9.17, 15) is 22.0 Å². The molecule has 33 heavy (non-hydrogen) atoms. The topological polar surface area (TPSA) is 79.8 Å². The lowest BCUT2D eigenvalue weighted by Crippen LogP contribution is -2.50. The van der Waals surface area contributed by atoms with Gasteiger partial charge in [-0.05, 0) is 43.3 Å². The van der Waals surface area contributed by atoms with Crippen molar-refractivity contribution in [3.8, 4) is 5.75 Å². The molecule has 0 spiro atoms. The molecule has 0 unspecified atom stereocenters. The quantitative estimate of drug-likeness (QED) is 0.526. The third-order valence-corrected chi connectivity index (χ3v) is 7.91. The molecule has 7 nitrogen and oxygen atoms in total. The summed E-state index contributed by atoms with van der Waals surface area (Å²) >= 11 is 1.53. The van der Waals surface area contributed by atoms with Gasteiger partial charge in [0.25, 0.3) is 5.91 Å². The molecule has 1 fully saturated rings. The molecule has 0 bridgehead atoms. The maximum atomic E-state index is 13.5. The molecule has 3 aromatic rings. The minimum atomic E-state index is -3.99. The van der Waals surface area contributed by atoms with Gasteiger partial charge in [0.2, 0.25) is 10.0 Å². The summed E-state index contributed by atoms with van der Waals surface area (Å²) in [5.41, 5.74) is 1.24. The van der Waals surface area contributed by atoms with Crippen molar-refractivity contribution in [2.24, 2.45) is 0 Å². The van der Waals surface area contributed by atoms with Crippen LogP contribution in [0.15, 0.2) is 52.7 Å². The lowest BCUT2D eigenvalue weighted by molar-refractivity contribution is 0.0697. The van der Waals surface area contributed by atoms with E-state index in [0.29, 0.717) is 24.0 Å². The smallest absolute Gasteiger partial charge is 0.254 e. The van der Waals surface area contributed by atoms with Gasteiger partial charge in [-0.25, -0.2) is 22.2 Å². The highest BCUT2D eigenvalue weighted by Gasteiger charge is 2.31. The molecule has 2 aromatic carbocycles. The number of hydrogen-bond donors (Lipinski definition) is 0. The van der Waals surface area contributed by atoms with Crippen LogP contribution in [0.4, 0.5) is 8.78 Å². The third-order valence-electron chi connectivity index (χ3n) is 5.19. The number of amides is 1. The van der Waals surface area contributed by atoms with Crippen molar-refractivity contribution < 1.29 is 26.7 Å². The number of rotatable bonds is 6. The Balaban J connectivity index is 1.38. The van der Waals surface area contributed by atoms with Gasteiger partial charge in [-0.3, -0.25) is 4.79 Å². The van der Waals surface area contributed by atoms with Crippen LogP contribution in [0.3, 0.4) is 0 Å². The lowest BCUT2D eigenvalue weighted by atomic mass is 10.1.